The Morgan fingerprint density at radius 1 is 1.03 bits per heavy atom. The summed E-state index contributed by atoms with van der Waals surface area (Å²) in [5, 5.41) is 14.0. The van der Waals surface area contributed by atoms with Gasteiger partial charge in [0, 0.05) is 35.8 Å². The number of amidine groups is 1. The largest absolute Gasteiger partial charge is 0.384 e. The summed E-state index contributed by atoms with van der Waals surface area (Å²) in [6.07, 6.45) is 2.80. The molecule has 1 amide bonds. The molecule has 30 heavy (non-hydrogen) atoms. The van der Waals surface area contributed by atoms with Gasteiger partial charge in [-0.25, -0.2) is 5.10 Å². The van der Waals surface area contributed by atoms with Gasteiger partial charge in [-0.1, -0.05) is 36.4 Å². The summed E-state index contributed by atoms with van der Waals surface area (Å²) >= 11 is 0. The lowest BCUT2D eigenvalue weighted by atomic mass is 9.97. The lowest BCUT2D eigenvalue weighted by Crippen LogP contribution is -2.34. The average molecular weight is 399 g/mol. The third-order valence-electron chi connectivity index (χ3n) is 5.15. The zero-order chi connectivity index (χ0) is 21.1. The summed E-state index contributed by atoms with van der Waals surface area (Å²) in [5.74, 6) is 0.0225. The smallest absolute Gasteiger partial charge is 0.264 e. The van der Waals surface area contributed by atoms with Crippen molar-refractivity contribution in [3.63, 3.8) is 0 Å². The van der Waals surface area contributed by atoms with Crippen molar-refractivity contribution >= 4 is 17.3 Å². The van der Waals surface area contributed by atoms with Gasteiger partial charge in [0.05, 0.1) is 5.69 Å². The molecule has 1 aliphatic heterocycles. The van der Waals surface area contributed by atoms with Crippen LogP contribution in [0.1, 0.15) is 27.9 Å². The second-order valence-corrected chi connectivity index (χ2v) is 7.11. The number of nitrogens with zero attached hydrogens (tertiary/aromatic N) is 2. The first-order chi connectivity index (χ1) is 14.5. The highest BCUT2D eigenvalue weighted by Crippen LogP contribution is 2.24. The molecule has 7 heteroatoms. The van der Waals surface area contributed by atoms with Gasteiger partial charge < -0.3 is 10.6 Å². The molecule has 1 aromatic heterocycles. The Morgan fingerprint density at radius 2 is 1.83 bits per heavy atom. The summed E-state index contributed by atoms with van der Waals surface area (Å²) in [5.41, 5.74) is 10.3. The maximum absolute atomic E-state index is 12.9. The number of benzene rings is 2. The number of hydrogen-bond acceptors (Lipinski definition) is 4. The number of rotatable bonds is 4. The van der Waals surface area contributed by atoms with E-state index in [0.29, 0.717) is 29.9 Å². The van der Waals surface area contributed by atoms with Gasteiger partial charge in [-0.15, -0.1) is 0 Å². The molecular formula is C23H21N5O2. The summed E-state index contributed by atoms with van der Waals surface area (Å²) in [4.78, 5) is 25.8. The van der Waals surface area contributed by atoms with Crippen LogP contribution >= 0.6 is 0 Å². The Labute approximate surface area is 173 Å². The first kappa shape index (κ1) is 19.3. The van der Waals surface area contributed by atoms with E-state index in [1.165, 1.54) is 6.07 Å². The van der Waals surface area contributed by atoms with Crippen LogP contribution in [0.25, 0.3) is 16.8 Å². The molecule has 0 spiro atoms. The predicted molar refractivity (Wildman–Crippen MR) is 116 cm³/mol. The Balaban J connectivity index is 1.46. The molecule has 0 radical (unpaired) electrons. The number of aromatic amines is 1. The number of hydrogen-bond donors (Lipinski definition) is 3. The van der Waals surface area contributed by atoms with Crippen molar-refractivity contribution in [3.8, 4) is 11.3 Å². The van der Waals surface area contributed by atoms with Gasteiger partial charge in [0.2, 0.25) is 0 Å². The molecule has 0 saturated heterocycles. The normalized spacial score (nSPS) is 13.6. The van der Waals surface area contributed by atoms with Crippen molar-refractivity contribution in [2.45, 2.75) is 6.42 Å². The number of nitrogen functional groups attached to an aromatic ring is 1. The highest BCUT2D eigenvalue weighted by Gasteiger charge is 2.19. The second-order valence-electron chi connectivity index (χ2n) is 7.11. The minimum atomic E-state index is -0.254. The van der Waals surface area contributed by atoms with Crippen molar-refractivity contribution in [1.29, 1.82) is 5.41 Å². The van der Waals surface area contributed by atoms with E-state index >= 15 is 0 Å². The number of H-pyrrole nitrogens is 1. The number of nitrogens with one attached hydrogen (secondary N) is 2. The Morgan fingerprint density at radius 3 is 2.47 bits per heavy atom. The van der Waals surface area contributed by atoms with Crippen molar-refractivity contribution in [2.24, 2.45) is 5.73 Å². The summed E-state index contributed by atoms with van der Waals surface area (Å²) in [7, 11) is 0. The van der Waals surface area contributed by atoms with Crippen molar-refractivity contribution in [1.82, 2.24) is 15.1 Å². The number of carbonyl (C=O) groups is 1. The summed E-state index contributed by atoms with van der Waals surface area (Å²) < 4.78 is 0. The summed E-state index contributed by atoms with van der Waals surface area (Å²) in [6.45, 7) is 1.15. The monoisotopic (exact) mass is 399 g/mol. The molecule has 3 aromatic rings. The molecule has 0 aliphatic carbocycles. The van der Waals surface area contributed by atoms with E-state index in [0.717, 1.165) is 23.1 Å². The minimum absolute atomic E-state index is 0.0243. The van der Waals surface area contributed by atoms with Gasteiger partial charge in [0.25, 0.3) is 11.5 Å². The van der Waals surface area contributed by atoms with Crippen LogP contribution in [-0.4, -0.2) is 39.9 Å². The lowest BCUT2D eigenvalue weighted by molar-refractivity contribution is 0.0773. The maximum Gasteiger partial charge on any atom is 0.264 e. The van der Waals surface area contributed by atoms with E-state index in [4.69, 9.17) is 11.1 Å². The van der Waals surface area contributed by atoms with E-state index in [2.05, 4.69) is 16.3 Å². The van der Waals surface area contributed by atoms with Gasteiger partial charge in [-0.3, -0.25) is 15.0 Å². The zero-order valence-corrected chi connectivity index (χ0v) is 16.3. The molecule has 4 rings (SSSR count). The van der Waals surface area contributed by atoms with Crippen LogP contribution in [0.2, 0.25) is 0 Å². The first-order valence-corrected chi connectivity index (χ1v) is 9.60. The Bertz CT molecular complexity index is 1170. The van der Waals surface area contributed by atoms with Crippen molar-refractivity contribution < 1.29 is 4.79 Å². The van der Waals surface area contributed by atoms with Crippen LogP contribution < -0.4 is 11.3 Å². The minimum Gasteiger partial charge on any atom is -0.384 e. The topological polar surface area (TPSA) is 116 Å². The molecule has 4 N–H and O–H groups in total. The fourth-order valence-corrected chi connectivity index (χ4v) is 3.47. The van der Waals surface area contributed by atoms with Crippen molar-refractivity contribution in [2.75, 3.05) is 13.1 Å². The molecule has 0 bridgehead atoms. The second kappa shape index (κ2) is 8.16. The van der Waals surface area contributed by atoms with Crippen LogP contribution in [0, 0.1) is 5.41 Å². The molecule has 0 unspecified atom stereocenters. The predicted octanol–water partition coefficient (Wildman–Crippen LogP) is 2.65. The Kier molecular flexibility index (Phi) is 5.26. The molecule has 0 saturated carbocycles. The van der Waals surface area contributed by atoms with Crippen LogP contribution in [0.4, 0.5) is 0 Å². The molecule has 0 fully saturated rings. The van der Waals surface area contributed by atoms with E-state index in [-0.39, 0.29) is 17.3 Å². The number of amides is 1. The van der Waals surface area contributed by atoms with E-state index in [9.17, 15) is 9.59 Å². The van der Waals surface area contributed by atoms with Gasteiger partial charge in [0.1, 0.15) is 5.84 Å². The molecule has 0 atom stereocenters. The summed E-state index contributed by atoms with van der Waals surface area (Å²) in [6, 6.07) is 17.9. The quantitative estimate of drug-likeness (QED) is 0.462. The van der Waals surface area contributed by atoms with E-state index < -0.39 is 0 Å². The standard InChI is InChI=1S/C23H21N5O2/c24-22(25)19-3-1-2-18(14-19)15-10-12-28(13-11-15)23(30)17-6-4-16(5-7-17)20-8-9-21(29)27-26-20/h1-10,14H,11-13H2,(H3,24,25)(H,27,29). The third kappa shape index (κ3) is 4.05. The molecule has 2 aromatic carbocycles. The fraction of sp³-hybridized carbons (Fsp3) is 0.130. The van der Waals surface area contributed by atoms with E-state index in [1.807, 2.05) is 41.3 Å². The third-order valence-corrected chi connectivity index (χ3v) is 5.15. The van der Waals surface area contributed by atoms with Crippen LogP contribution in [0.5, 0.6) is 0 Å². The van der Waals surface area contributed by atoms with Gasteiger partial charge in [0.15, 0.2) is 0 Å². The number of carbonyl (C=O) groups excluding carboxylic acids is 1. The molecular weight excluding hydrogens is 378 g/mol. The highest BCUT2D eigenvalue weighted by atomic mass is 16.2. The first-order valence-electron chi connectivity index (χ1n) is 9.60. The SMILES string of the molecule is N=C(N)c1cccc(C2=CCN(C(=O)c3ccc(-c4ccc(=O)[nH]n4)cc3)CC2)c1. The van der Waals surface area contributed by atoms with Crippen LogP contribution in [0.3, 0.4) is 0 Å². The Hall–Kier alpha value is -4.00. The number of aromatic nitrogens is 2. The van der Waals surface area contributed by atoms with Gasteiger partial charge >= 0.3 is 0 Å². The maximum atomic E-state index is 12.9. The van der Waals surface area contributed by atoms with Crippen LogP contribution in [0.15, 0.2) is 71.5 Å². The molecule has 150 valence electrons. The van der Waals surface area contributed by atoms with Gasteiger partial charge in [-0.2, -0.15) is 5.10 Å². The van der Waals surface area contributed by atoms with Crippen molar-refractivity contribution in [3.05, 3.63) is 93.8 Å². The van der Waals surface area contributed by atoms with Gasteiger partial charge in [-0.05, 0) is 41.8 Å². The lowest BCUT2D eigenvalue weighted by Gasteiger charge is -2.27. The molecule has 2 heterocycles. The average Bonchev–Trinajstić information content (AvgIpc) is 2.79. The number of nitrogens with two attached hydrogens (primary N) is 1. The van der Waals surface area contributed by atoms with Crippen LogP contribution in [-0.2, 0) is 0 Å². The molecule has 1 aliphatic rings. The van der Waals surface area contributed by atoms with E-state index in [1.54, 1.807) is 18.2 Å². The highest BCUT2D eigenvalue weighted by molar-refractivity contribution is 5.96. The zero-order valence-electron chi connectivity index (χ0n) is 16.3. The molecule has 7 nitrogen and oxygen atoms in total. The fourth-order valence-electron chi connectivity index (χ4n) is 3.47.